The summed E-state index contributed by atoms with van der Waals surface area (Å²) in [5, 5.41) is 17.7. The molecule has 8 rings (SSSR count). The highest BCUT2D eigenvalue weighted by Crippen LogP contribution is 2.31. The Morgan fingerprint density at radius 1 is 0.561 bits per heavy atom. The molecule has 336 valence electrons. The molecule has 0 spiro atoms. The third-order valence-electron chi connectivity index (χ3n) is 10.3. The topological polar surface area (TPSA) is 212 Å². The minimum atomic E-state index is -0.380. The maximum Gasteiger partial charge on any atom is 0.275 e. The molecule has 0 fully saturated rings. The summed E-state index contributed by atoms with van der Waals surface area (Å²) in [6, 6.07) is 25.7. The van der Waals surface area contributed by atoms with E-state index in [-0.39, 0.29) is 48.1 Å². The molecule has 6 aromatic rings. The highest BCUT2D eigenvalue weighted by Gasteiger charge is 2.25. The zero-order chi connectivity index (χ0) is 46.4. The molecule has 18 heteroatoms. The van der Waals surface area contributed by atoms with Crippen LogP contribution in [0.1, 0.15) is 68.9 Å². The van der Waals surface area contributed by atoms with Crippen LogP contribution >= 0.6 is 0 Å². The molecule has 2 aliphatic heterocycles. The van der Waals surface area contributed by atoms with E-state index in [0.717, 1.165) is 33.7 Å². The first-order chi connectivity index (χ1) is 32.2. The fraction of sp³-hybridized carbons (Fsp3) is 0.208. The maximum absolute atomic E-state index is 12.6. The molecular weight excluding hydrogens is 845 g/mol. The Morgan fingerprint density at radius 3 is 1.62 bits per heavy atom. The summed E-state index contributed by atoms with van der Waals surface area (Å²) >= 11 is 0. The molecule has 0 saturated carbocycles. The number of aromatic nitrogens is 4. The molecule has 0 saturated heterocycles. The minimum absolute atomic E-state index is 0.0618. The lowest BCUT2D eigenvalue weighted by molar-refractivity contribution is -0.133. The summed E-state index contributed by atoms with van der Waals surface area (Å²) < 4.78 is 21.4. The fourth-order valence-electron chi connectivity index (χ4n) is 6.97. The predicted molar refractivity (Wildman–Crippen MR) is 245 cm³/mol. The molecule has 2 aromatic heterocycles. The molecule has 4 aromatic carbocycles. The van der Waals surface area contributed by atoms with Gasteiger partial charge < -0.3 is 29.6 Å². The third kappa shape index (κ3) is 11.3. The number of ether oxygens (including phenoxy) is 4. The first kappa shape index (κ1) is 45.5. The highest BCUT2D eigenvalue weighted by molar-refractivity contribution is 6.06. The number of hydrazone groups is 2. The number of carbonyl (C=O) groups is 4. The van der Waals surface area contributed by atoms with E-state index in [0.29, 0.717) is 60.1 Å². The van der Waals surface area contributed by atoms with Gasteiger partial charge in [-0.15, -0.1) is 0 Å². The van der Waals surface area contributed by atoms with Crippen LogP contribution in [-0.4, -0.2) is 93.4 Å². The van der Waals surface area contributed by atoms with Gasteiger partial charge in [-0.05, 0) is 65.7 Å². The number of anilines is 2. The van der Waals surface area contributed by atoms with Crippen LogP contribution in [0.5, 0.6) is 23.0 Å². The largest absolute Gasteiger partial charge is 0.493 e. The molecule has 4 amide bonds. The van der Waals surface area contributed by atoms with Crippen LogP contribution in [0.25, 0.3) is 0 Å². The molecule has 18 nitrogen and oxygen atoms in total. The Labute approximate surface area is 380 Å². The average Bonchev–Trinajstić information content (AvgIpc) is 3.36. The summed E-state index contributed by atoms with van der Waals surface area (Å²) in [6.45, 7) is 0.497. The number of rotatable bonds is 14. The minimum Gasteiger partial charge on any atom is -0.493 e. The number of hydrogen-bond acceptors (Lipinski definition) is 14. The van der Waals surface area contributed by atoms with E-state index in [2.05, 4.69) is 40.8 Å². The van der Waals surface area contributed by atoms with Gasteiger partial charge in [0.2, 0.25) is 11.8 Å². The zero-order valence-electron chi connectivity index (χ0n) is 36.6. The summed E-state index contributed by atoms with van der Waals surface area (Å²) in [7, 11) is 6.32. The van der Waals surface area contributed by atoms with Crippen molar-refractivity contribution in [2.75, 3.05) is 39.1 Å². The molecule has 0 aliphatic carbocycles. The maximum atomic E-state index is 12.6. The van der Waals surface area contributed by atoms with E-state index in [1.54, 1.807) is 40.6 Å². The number of nitrogens with zero attached hydrogens (tertiary/aromatic N) is 8. The van der Waals surface area contributed by atoms with Crippen LogP contribution in [-0.2, 0) is 22.7 Å². The predicted octanol–water partition coefficient (Wildman–Crippen LogP) is 6.55. The second-order valence-electron chi connectivity index (χ2n) is 14.6. The number of para-hydroxylation sites is 1. The Balaban J connectivity index is 0.000000196. The first-order valence-corrected chi connectivity index (χ1v) is 20.7. The van der Waals surface area contributed by atoms with Gasteiger partial charge >= 0.3 is 0 Å². The van der Waals surface area contributed by atoms with Gasteiger partial charge in [0.25, 0.3) is 11.8 Å². The molecule has 4 heterocycles. The van der Waals surface area contributed by atoms with E-state index in [4.69, 9.17) is 18.9 Å². The molecule has 0 atom stereocenters. The van der Waals surface area contributed by atoms with Crippen molar-refractivity contribution >= 4 is 46.4 Å². The van der Waals surface area contributed by atoms with E-state index >= 15 is 0 Å². The van der Waals surface area contributed by atoms with E-state index < -0.39 is 0 Å². The molecule has 0 radical (unpaired) electrons. The van der Waals surface area contributed by atoms with Crippen molar-refractivity contribution in [1.82, 2.24) is 30.0 Å². The van der Waals surface area contributed by atoms with Crippen LogP contribution in [0.2, 0.25) is 0 Å². The van der Waals surface area contributed by atoms with Crippen molar-refractivity contribution in [3.8, 4) is 23.0 Å². The van der Waals surface area contributed by atoms with Crippen LogP contribution < -0.4 is 29.6 Å². The van der Waals surface area contributed by atoms with Crippen molar-refractivity contribution in [3.05, 3.63) is 156 Å². The number of nitrogens with one attached hydrogen (secondary N) is 2. The van der Waals surface area contributed by atoms with Gasteiger partial charge in [-0.1, -0.05) is 30.3 Å². The normalized spacial score (nSPS) is 13.3. The van der Waals surface area contributed by atoms with Crippen molar-refractivity contribution in [2.45, 2.75) is 38.8 Å². The Kier molecular flexibility index (Phi) is 15.0. The lowest BCUT2D eigenvalue weighted by Crippen LogP contribution is -2.32. The summed E-state index contributed by atoms with van der Waals surface area (Å²) in [5.74, 6) is 1.57. The van der Waals surface area contributed by atoms with Crippen molar-refractivity contribution in [1.29, 1.82) is 0 Å². The molecule has 0 bridgehead atoms. The Bertz CT molecular complexity index is 2770. The quantitative estimate of drug-likeness (QED) is 0.119. The average molecular weight is 891 g/mol. The lowest BCUT2D eigenvalue weighted by atomic mass is 10.0. The van der Waals surface area contributed by atoms with Crippen molar-refractivity contribution < 1.29 is 38.1 Å². The van der Waals surface area contributed by atoms with Crippen LogP contribution in [0.15, 0.2) is 132 Å². The fourth-order valence-corrected chi connectivity index (χ4v) is 6.97. The standard InChI is InChI=1S/2C24H23N5O4/c1-32-21-8-6-17(13-22(21)33-2)19-7-9-23(30)29(28-19)15-16-4-3-5-18(12-16)27-24(31)20-14-25-10-11-26-20;1-32-21-9-7-16(13-22(21)33-2)19-8-10-23(30)29(28-19)15-17-5-3-4-6-18(17)27-24(31)20-14-25-11-12-26-20/h3-6,8,10-14H,7,9,15H2,1-2H3,(H,27,31);3-7,9,11-14H,8,10,15H2,1-2H3,(H,27,31). The van der Waals surface area contributed by atoms with Crippen LogP contribution in [0, 0.1) is 0 Å². The monoisotopic (exact) mass is 890 g/mol. The molecule has 66 heavy (non-hydrogen) atoms. The molecule has 2 aliphatic rings. The summed E-state index contributed by atoms with van der Waals surface area (Å²) in [4.78, 5) is 65.9. The van der Waals surface area contributed by atoms with Gasteiger partial charge in [0.15, 0.2) is 23.0 Å². The van der Waals surface area contributed by atoms with Gasteiger partial charge in [-0.3, -0.25) is 29.1 Å². The number of benzene rings is 4. The summed E-state index contributed by atoms with van der Waals surface area (Å²) in [5.41, 5.74) is 6.47. The highest BCUT2D eigenvalue weighted by atomic mass is 16.5. The number of hydrogen-bond donors (Lipinski definition) is 2. The van der Waals surface area contributed by atoms with Gasteiger partial charge in [-0.2, -0.15) is 10.2 Å². The van der Waals surface area contributed by atoms with Crippen molar-refractivity contribution in [3.63, 3.8) is 0 Å². The van der Waals surface area contributed by atoms with E-state index in [1.807, 2.05) is 72.8 Å². The van der Waals surface area contributed by atoms with Gasteiger partial charge in [0.05, 0.1) is 65.3 Å². The van der Waals surface area contributed by atoms with Crippen LogP contribution in [0.3, 0.4) is 0 Å². The Hall–Kier alpha value is -8.54. The molecule has 2 N–H and O–H groups in total. The Morgan fingerprint density at radius 2 is 1.09 bits per heavy atom. The second kappa shape index (κ2) is 21.7. The smallest absolute Gasteiger partial charge is 0.275 e. The first-order valence-electron chi connectivity index (χ1n) is 20.7. The number of amides is 4. The second-order valence-corrected chi connectivity index (χ2v) is 14.6. The van der Waals surface area contributed by atoms with E-state index in [9.17, 15) is 19.2 Å². The summed E-state index contributed by atoms with van der Waals surface area (Å²) in [6.07, 6.45) is 10.5. The van der Waals surface area contributed by atoms with Crippen LogP contribution in [0.4, 0.5) is 11.4 Å². The third-order valence-corrected chi connectivity index (χ3v) is 10.3. The van der Waals surface area contributed by atoms with Gasteiger partial charge in [0, 0.05) is 73.0 Å². The van der Waals surface area contributed by atoms with Gasteiger partial charge in [-0.25, -0.2) is 20.0 Å². The molecule has 0 unspecified atom stereocenters. The van der Waals surface area contributed by atoms with E-state index in [1.165, 1.54) is 47.2 Å². The lowest BCUT2D eigenvalue weighted by Gasteiger charge is -2.25. The molecular formula is C48H46N10O8. The number of methoxy groups -OCH3 is 4. The SMILES string of the molecule is COc1ccc(C2=NN(Cc3cccc(NC(=O)c4cnccn4)c3)C(=O)CC2)cc1OC.COc1ccc(C2=NN(Cc3ccccc3NC(=O)c3cnccn3)C(=O)CC2)cc1OC. The zero-order valence-corrected chi connectivity index (χ0v) is 36.6. The van der Waals surface area contributed by atoms with Crippen molar-refractivity contribution in [2.24, 2.45) is 10.2 Å². The number of carbonyl (C=O) groups excluding carboxylic acids is 4. The van der Waals surface area contributed by atoms with Gasteiger partial charge in [0.1, 0.15) is 11.4 Å².